The van der Waals surface area contributed by atoms with Gasteiger partial charge in [0, 0.05) is 31.5 Å². The van der Waals surface area contributed by atoms with Gasteiger partial charge in [0.2, 0.25) is 5.88 Å². The molecule has 6 nitrogen and oxygen atoms in total. The van der Waals surface area contributed by atoms with Gasteiger partial charge >= 0.3 is 0 Å². The van der Waals surface area contributed by atoms with Crippen molar-refractivity contribution in [2.24, 2.45) is 5.41 Å². The third-order valence-electron chi connectivity index (χ3n) is 5.08. The van der Waals surface area contributed by atoms with Crippen molar-refractivity contribution in [2.75, 3.05) is 24.6 Å². The summed E-state index contributed by atoms with van der Waals surface area (Å²) >= 11 is 0. The standard InChI is InChI=1S/C17H27N3O3/c1-4-22-14-9-13(21)17(14)5-7-20(8-6-17)15-10-18-11-16(19-15)23-12(2)3/h10-14,21H,4-9H2,1-3H3. The maximum atomic E-state index is 10.3. The fourth-order valence-electron chi connectivity index (χ4n) is 3.76. The van der Waals surface area contributed by atoms with Crippen LogP contribution < -0.4 is 9.64 Å². The van der Waals surface area contributed by atoms with Crippen LogP contribution in [0.4, 0.5) is 5.82 Å². The van der Waals surface area contributed by atoms with Crippen molar-refractivity contribution in [3.8, 4) is 5.88 Å². The van der Waals surface area contributed by atoms with Gasteiger partial charge in [0.15, 0.2) is 5.82 Å². The summed E-state index contributed by atoms with van der Waals surface area (Å²) in [6.07, 6.45) is 6.10. The summed E-state index contributed by atoms with van der Waals surface area (Å²) in [7, 11) is 0. The lowest BCUT2D eigenvalue weighted by molar-refractivity contribution is -0.199. The predicted octanol–water partition coefficient (Wildman–Crippen LogP) is 2.02. The van der Waals surface area contributed by atoms with E-state index in [1.54, 1.807) is 12.4 Å². The maximum absolute atomic E-state index is 10.3. The van der Waals surface area contributed by atoms with E-state index < -0.39 is 0 Å². The molecular weight excluding hydrogens is 294 g/mol. The molecule has 6 heteroatoms. The van der Waals surface area contributed by atoms with Crippen LogP contribution in [0.2, 0.25) is 0 Å². The molecule has 1 saturated heterocycles. The van der Waals surface area contributed by atoms with Gasteiger partial charge in [-0.2, -0.15) is 4.98 Å². The number of hydrogen-bond acceptors (Lipinski definition) is 6. The topological polar surface area (TPSA) is 67.7 Å². The zero-order valence-corrected chi connectivity index (χ0v) is 14.2. The SMILES string of the molecule is CCOC1CC(O)C12CCN(c1cncc(OC(C)C)n1)CC2. The fourth-order valence-corrected chi connectivity index (χ4v) is 3.76. The van der Waals surface area contributed by atoms with E-state index in [0.717, 1.165) is 38.2 Å². The van der Waals surface area contributed by atoms with E-state index >= 15 is 0 Å². The van der Waals surface area contributed by atoms with E-state index in [2.05, 4.69) is 14.9 Å². The van der Waals surface area contributed by atoms with Crippen molar-refractivity contribution in [2.45, 2.75) is 58.3 Å². The van der Waals surface area contributed by atoms with Crippen LogP contribution in [0.25, 0.3) is 0 Å². The lowest BCUT2D eigenvalue weighted by Gasteiger charge is -2.56. The molecule has 2 unspecified atom stereocenters. The van der Waals surface area contributed by atoms with Gasteiger partial charge in [-0.15, -0.1) is 0 Å². The molecule has 1 saturated carbocycles. The number of piperidine rings is 1. The Bertz CT molecular complexity index is 528. The third kappa shape index (κ3) is 3.15. The maximum Gasteiger partial charge on any atom is 0.234 e. The van der Waals surface area contributed by atoms with Crippen LogP contribution in [0, 0.1) is 5.41 Å². The number of nitrogens with zero attached hydrogens (tertiary/aromatic N) is 3. The molecule has 0 amide bonds. The lowest BCUT2D eigenvalue weighted by Crippen LogP contribution is -2.62. The molecular formula is C17H27N3O3. The van der Waals surface area contributed by atoms with Crippen LogP contribution in [0.1, 0.15) is 40.0 Å². The summed E-state index contributed by atoms with van der Waals surface area (Å²) < 4.78 is 11.4. The van der Waals surface area contributed by atoms with E-state index in [4.69, 9.17) is 9.47 Å². The molecule has 2 fully saturated rings. The second kappa shape index (κ2) is 6.61. The summed E-state index contributed by atoms with van der Waals surface area (Å²) in [4.78, 5) is 11.0. The zero-order chi connectivity index (χ0) is 16.4. The van der Waals surface area contributed by atoms with Crippen LogP contribution in [-0.2, 0) is 4.74 Å². The Morgan fingerprint density at radius 1 is 1.35 bits per heavy atom. The number of anilines is 1. The highest BCUT2D eigenvalue weighted by Gasteiger charge is 2.56. The number of aliphatic hydroxyl groups is 1. The average molecular weight is 321 g/mol. The number of hydrogen-bond donors (Lipinski definition) is 1. The molecule has 1 aromatic heterocycles. The van der Waals surface area contributed by atoms with Gasteiger partial charge < -0.3 is 19.5 Å². The molecule has 1 N–H and O–H groups in total. The first-order chi connectivity index (χ1) is 11.0. The minimum absolute atomic E-state index is 0.0635. The van der Waals surface area contributed by atoms with Crippen molar-refractivity contribution < 1.29 is 14.6 Å². The van der Waals surface area contributed by atoms with Crippen molar-refractivity contribution >= 4 is 5.82 Å². The van der Waals surface area contributed by atoms with Gasteiger partial charge in [0.1, 0.15) is 0 Å². The molecule has 0 aromatic carbocycles. The minimum atomic E-state index is -0.233. The third-order valence-corrected chi connectivity index (χ3v) is 5.08. The molecule has 23 heavy (non-hydrogen) atoms. The van der Waals surface area contributed by atoms with Crippen molar-refractivity contribution in [3.05, 3.63) is 12.4 Å². The number of aromatic nitrogens is 2. The Labute approximate surface area is 137 Å². The summed E-state index contributed by atoms with van der Waals surface area (Å²) in [5, 5.41) is 10.3. The smallest absolute Gasteiger partial charge is 0.234 e. The van der Waals surface area contributed by atoms with Crippen molar-refractivity contribution in [1.29, 1.82) is 0 Å². The van der Waals surface area contributed by atoms with Crippen LogP contribution in [0.15, 0.2) is 12.4 Å². The largest absolute Gasteiger partial charge is 0.474 e. The van der Waals surface area contributed by atoms with Crippen molar-refractivity contribution in [3.63, 3.8) is 0 Å². The average Bonchev–Trinajstić information content (AvgIpc) is 2.54. The van der Waals surface area contributed by atoms with E-state index in [9.17, 15) is 5.11 Å². The molecule has 0 radical (unpaired) electrons. The summed E-state index contributed by atoms with van der Waals surface area (Å²) in [6, 6.07) is 0. The highest BCUT2D eigenvalue weighted by atomic mass is 16.5. The Balaban J connectivity index is 1.65. The van der Waals surface area contributed by atoms with Crippen LogP contribution >= 0.6 is 0 Å². The first-order valence-corrected chi connectivity index (χ1v) is 8.58. The zero-order valence-electron chi connectivity index (χ0n) is 14.2. The molecule has 1 aliphatic carbocycles. The molecule has 3 rings (SSSR count). The predicted molar refractivity (Wildman–Crippen MR) is 87.7 cm³/mol. The van der Waals surface area contributed by atoms with Crippen molar-refractivity contribution in [1.82, 2.24) is 9.97 Å². The molecule has 2 heterocycles. The second-order valence-corrected chi connectivity index (χ2v) is 6.80. The first-order valence-electron chi connectivity index (χ1n) is 8.58. The van der Waals surface area contributed by atoms with Gasteiger partial charge in [-0.05, 0) is 33.6 Å². The van der Waals surface area contributed by atoms with E-state index in [1.165, 1.54) is 0 Å². The summed E-state index contributed by atoms with van der Waals surface area (Å²) in [5.74, 6) is 1.41. The molecule has 0 bridgehead atoms. The highest BCUT2D eigenvalue weighted by Crippen LogP contribution is 2.51. The molecule has 2 atom stereocenters. The van der Waals surface area contributed by atoms with Gasteiger partial charge in [-0.3, -0.25) is 4.98 Å². The van der Waals surface area contributed by atoms with Gasteiger partial charge in [-0.1, -0.05) is 0 Å². The lowest BCUT2D eigenvalue weighted by atomic mass is 9.58. The number of ether oxygens (including phenoxy) is 2. The first kappa shape index (κ1) is 16.5. The molecule has 2 aliphatic rings. The molecule has 1 aliphatic heterocycles. The fraction of sp³-hybridized carbons (Fsp3) is 0.765. The Kier molecular flexibility index (Phi) is 4.73. The number of aliphatic hydroxyl groups excluding tert-OH is 1. The highest BCUT2D eigenvalue weighted by molar-refractivity contribution is 5.38. The quantitative estimate of drug-likeness (QED) is 0.895. The number of rotatable bonds is 5. The molecule has 1 aromatic rings. The normalized spacial score (nSPS) is 26.4. The van der Waals surface area contributed by atoms with Crippen LogP contribution in [-0.4, -0.2) is 53.1 Å². The van der Waals surface area contributed by atoms with Crippen LogP contribution in [0.3, 0.4) is 0 Å². The Hall–Kier alpha value is -1.40. The van der Waals surface area contributed by atoms with Gasteiger partial charge in [0.25, 0.3) is 0 Å². The monoisotopic (exact) mass is 321 g/mol. The molecule has 128 valence electrons. The van der Waals surface area contributed by atoms with Gasteiger partial charge in [-0.25, -0.2) is 0 Å². The summed E-state index contributed by atoms with van der Waals surface area (Å²) in [6.45, 7) is 8.41. The van der Waals surface area contributed by atoms with E-state index in [1.807, 2.05) is 20.8 Å². The Morgan fingerprint density at radius 3 is 2.70 bits per heavy atom. The molecule has 1 spiro atoms. The minimum Gasteiger partial charge on any atom is -0.474 e. The second-order valence-electron chi connectivity index (χ2n) is 6.80. The van der Waals surface area contributed by atoms with E-state index in [-0.39, 0.29) is 23.7 Å². The Morgan fingerprint density at radius 2 is 2.09 bits per heavy atom. The van der Waals surface area contributed by atoms with Crippen LogP contribution in [0.5, 0.6) is 5.88 Å². The summed E-state index contributed by atoms with van der Waals surface area (Å²) in [5.41, 5.74) is -0.0635. The van der Waals surface area contributed by atoms with Gasteiger partial charge in [0.05, 0.1) is 30.7 Å². The van der Waals surface area contributed by atoms with E-state index in [0.29, 0.717) is 12.5 Å².